The minimum absolute atomic E-state index is 0.108. The number of rotatable bonds is 3. The number of carbonyl (C=O) groups is 1. The van der Waals surface area contributed by atoms with E-state index in [4.69, 9.17) is 9.15 Å². The zero-order valence-corrected chi connectivity index (χ0v) is 10.1. The molecule has 0 atom stereocenters. The molecule has 2 heterocycles. The molecule has 3 rings (SSSR count). The molecule has 0 aliphatic rings. The minimum Gasteiger partial charge on any atom is -0.461 e. The highest BCUT2D eigenvalue weighted by Crippen LogP contribution is 2.15. The molecule has 0 unspecified atom stereocenters. The van der Waals surface area contributed by atoms with Crippen molar-refractivity contribution in [3.63, 3.8) is 0 Å². The highest BCUT2D eigenvalue weighted by Gasteiger charge is 2.16. The summed E-state index contributed by atoms with van der Waals surface area (Å²) in [6.45, 7) is 2.01. The number of carbonyl (C=O) groups excluding carboxylic acids is 1. The molecule has 1 aromatic carbocycles. The van der Waals surface area contributed by atoms with Crippen molar-refractivity contribution in [2.45, 2.75) is 6.92 Å². The number of oxazole rings is 1. The smallest absolute Gasteiger partial charge is 0.360 e. The van der Waals surface area contributed by atoms with E-state index in [0.717, 1.165) is 11.0 Å². The van der Waals surface area contributed by atoms with Gasteiger partial charge < -0.3 is 9.15 Å². The predicted octanol–water partition coefficient (Wildman–Crippen LogP) is 1.59. The zero-order chi connectivity index (χ0) is 13.2. The quantitative estimate of drug-likeness (QED) is 0.663. The predicted molar refractivity (Wildman–Crippen MR) is 64.9 cm³/mol. The van der Waals surface area contributed by atoms with Gasteiger partial charge in [0.15, 0.2) is 5.69 Å². The van der Waals surface area contributed by atoms with E-state index in [9.17, 15) is 4.79 Å². The van der Waals surface area contributed by atoms with Gasteiger partial charge in [0, 0.05) is 0 Å². The second-order valence-electron chi connectivity index (χ2n) is 3.73. The molecule has 2 aromatic heterocycles. The molecule has 0 fully saturated rings. The summed E-state index contributed by atoms with van der Waals surface area (Å²) >= 11 is 0. The summed E-state index contributed by atoms with van der Waals surface area (Å²) in [7, 11) is 0. The Labute approximate surface area is 107 Å². The SMILES string of the molecule is CCOC(=O)c1coc(-n2nnc3ccccc32)n1. The van der Waals surface area contributed by atoms with Crippen molar-refractivity contribution in [2.24, 2.45) is 0 Å². The van der Waals surface area contributed by atoms with Crippen LogP contribution in [0.15, 0.2) is 34.9 Å². The molecule has 0 saturated carbocycles. The number of hydrogen-bond donors (Lipinski definition) is 0. The van der Waals surface area contributed by atoms with Crippen LogP contribution in [-0.2, 0) is 4.74 Å². The van der Waals surface area contributed by atoms with Crippen LogP contribution in [0, 0.1) is 0 Å². The lowest BCUT2D eigenvalue weighted by molar-refractivity contribution is 0.0519. The minimum atomic E-state index is -0.526. The highest BCUT2D eigenvalue weighted by atomic mass is 16.5. The van der Waals surface area contributed by atoms with Gasteiger partial charge in [0.05, 0.1) is 12.1 Å². The van der Waals surface area contributed by atoms with Gasteiger partial charge in [0.25, 0.3) is 0 Å². The van der Waals surface area contributed by atoms with Gasteiger partial charge in [-0.1, -0.05) is 17.3 Å². The Kier molecular flexibility index (Phi) is 2.71. The maximum Gasteiger partial charge on any atom is 0.360 e. The molecule has 0 N–H and O–H groups in total. The van der Waals surface area contributed by atoms with Crippen molar-refractivity contribution in [3.8, 4) is 6.01 Å². The number of nitrogens with zero attached hydrogens (tertiary/aromatic N) is 4. The molecule has 0 saturated heterocycles. The summed E-state index contributed by atoms with van der Waals surface area (Å²) in [5.41, 5.74) is 1.58. The van der Waals surface area contributed by atoms with Crippen LogP contribution in [0.4, 0.5) is 0 Å². The summed E-state index contributed by atoms with van der Waals surface area (Å²) in [5, 5.41) is 7.92. The fourth-order valence-electron chi connectivity index (χ4n) is 1.67. The molecule has 7 heteroatoms. The summed E-state index contributed by atoms with van der Waals surface area (Å²) < 4.78 is 11.5. The number of esters is 1. The topological polar surface area (TPSA) is 83.0 Å². The third-order valence-electron chi connectivity index (χ3n) is 2.51. The van der Waals surface area contributed by atoms with E-state index in [1.165, 1.54) is 10.9 Å². The standard InChI is InChI=1S/C12H10N4O3/c1-2-18-11(17)9-7-19-12(13-9)16-10-6-4-3-5-8(10)14-15-16/h3-7H,2H2,1H3. The van der Waals surface area contributed by atoms with E-state index in [2.05, 4.69) is 15.3 Å². The van der Waals surface area contributed by atoms with Crippen molar-refractivity contribution in [1.82, 2.24) is 20.0 Å². The maximum absolute atomic E-state index is 11.5. The first-order valence-electron chi connectivity index (χ1n) is 5.73. The Bertz CT molecular complexity index is 731. The Morgan fingerprint density at radius 1 is 1.42 bits per heavy atom. The molecular formula is C12H10N4O3. The first-order chi connectivity index (χ1) is 9.29. The number of fused-ring (bicyclic) bond motifs is 1. The largest absolute Gasteiger partial charge is 0.461 e. The second-order valence-corrected chi connectivity index (χ2v) is 3.73. The molecule has 96 valence electrons. The molecule has 3 aromatic rings. The second kappa shape index (κ2) is 4.52. The van der Waals surface area contributed by atoms with E-state index in [1.807, 2.05) is 24.3 Å². The van der Waals surface area contributed by atoms with Gasteiger partial charge in [-0.05, 0) is 19.1 Å². The van der Waals surface area contributed by atoms with Crippen LogP contribution in [0.1, 0.15) is 17.4 Å². The third-order valence-corrected chi connectivity index (χ3v) is 2.51. The Morgan fingerprint density at radius 2 is 2.26 bits per heavy atom. The highest BCUT2D eigenvalue weighted by molar-refractivity contribution is 5.87. The molecule has 0 bridgehead atoms. The molecule has 19 heavy (non-hydrogen) atoms. The lowest BCUT2D eigenvalue weighted by Gasteiger charge is -1.95. The summed E-state index contributed by atoms with van der Waals surface area (Å²) in [5.74, 6) is -0.526. The number of aromatic nitrogens is 4. The zero-order valence-electron chi connectivity index (χ0n) is 10.1. The molecule has 0 aliphatic carbocycles. The lowest BCUT2D eigenvalue weighted by Crippen LogP contribution is -2.05. The van der Waals surface area contributed by atoms with Crippen molar-refractivity contribution in [1.29, 1.82) is 0 Å². The van der Waals surface area contributed by atoms with Crippen molar-refractivity contribution >= 4 is 17.0 Å². The van der Waals surface area contributed by atoms with Gasteiger partial charge in [-0.2, -0.15) is 9.67 Å². The van der Waals surface area contributed by atoms with E-state index >= 15 is 0 Å². The molecule has 7 nitrogen and oxygen atoms in total. The van der Waals surface area contributed by atoms with Crippen molar-refractivity contribution < 1.29 is 13.9 Å². The summed E-state index contributed by atoms with van der Waals surface area (Å²) in [6.07, 6.45) is 1.24. The van der Waals surface area contributed by atoms with Gasteiger partial charge in [-0.15, -0.1) is 5.10 Å². The van der Waals surface area contributed by atoms with Crippen LogP contribution >= 0.6 is 0 Å². The van der Waals surface area contributed by atoms with Crippen molar-refractivity contribution in [2.75, 3.05) is 6.61 Å². The normalized spacial score (nSPS) is 10.8. The van der Waals surface area contributed by atoms with Crippen LogP contribution < -0.4 is 0 Å². The van der Waals surface area contributed by atoms with Crippen LogP contribution in [0.5, 0.6) is 0 Å². The van der Waals surface area contributed by atoms with Crippen LogP contribution in [0.3, 0.4) is 0 Å². The van der Waals surface area contributed by atoms with Gasteiger partial charge in [-0.3, -0.25) is 0 Å². The molecule has 0 amide bonds. The average Bonchev–Trinajstić information content (AvgIpc) is 3.05. The Balaban J connectivity index is 2.01. The first-order valence-corrected chi connectivity index (χ1v) is 5.73. The monoisotopic (exact) mass is 258 g/mol. The summed E-state index contributed by atoms with van der Waals surface area (Å²) in [4.78, 5) is 15.5. The van der Waals surface area contributed by atoms with E-state index in [1.54, 1.807) is 6.92 Å². The van der Waals surface area contributed by atoms with E-state index in [0.29, 0.717) is 0 Å². The fourth-order valence-corrected chi connectivity index (χ4v) is 1.67. The molecule has 0 radical (unpaired) electrons. The average molecular weight is 258 g/mol. The van der Waals surface area contributed by atoms with Crippen LogP contribution in [-0.4, -0.2) is 32.6 Å². The van der Waals surface area contributed by atoms with Gasteiger partial charge in [0.1, 0.15) is 11.8 Å². The molecule has 0 aliphatic heterocycles. The fraction of sp³-hybridized carbons (Fsp3) is 0.167. The molecule has 0 spiro atoms. The van der Waals surface area contributed by atoms with Gasteiger partial charge in [-0.25, -0.2) is 4.79 Å². The number of hydrogen-bond acceptors (Lipinski definition) is 6. The lowest BCUT2D eigenvalue weighted by atomic mass is 10.3. The van der Waals surface area contributed by atoms with E-state index in [-0.39, 0.29) is 18.3 Å². The van der Waals surface area contributed by atoms with Gasteiger partial charge in [0.2, 0.25) is 0 Å². The number of benzene rings is 1. The molecular weight excluding hydrogens is 248 g/mol. The Morgan fingerprint density at radius 3 is 3.11 bits per heavy atom. The van der Waals surface area contributed by atoms with Crippen molar-refractivity contribution in [3.05, 3.63) is 36.2 Å². The van der Waals surface area contributed by atoms with Gasteiger partial charge >= 0.3 is 12.0 Å². The number of ether oxygens (including phenoxy) is 1. The number of para-hydroxylation sites is 1. The Hall–Kier alpha value is -2.70. The summed E-state index contributed by atoms with van der Waals surface area (Å²) in [6, 6.07) is 7.56. The third kappa shape index (κ3) is 1.95. The van der Waals surface area contributed by atoms with Crippen LogP contribution in [0.25, 0.3) is 17.0 Å². The van der Waals surface area contributed by atoms with Crippen LogP contribution in [0.2, 0.25) is 0 Å². The van der Waals surface area contributed by atoms with E-state index < -0.39 is 5.97 Å². The first kappa shape index (κ1) is 11.4. The maximum atomic E-state index is 11.5.